The summed E-state index contributed by atoms with van der Waals surface area (Å²) in [5, 5.41) is 22.4. The molecule has 0 aliphatic carbocycles. The van der Waals surface area contributed by atoms with Crippen LogP contribution < -0.4 is 5.32 Å². The summed E-state index contributed by atoms with van der Waals surface area (Å²) >= 11 is 0. The molecule has 0 fully saturated rings. The molecule has 2 aromatic rings. The van der Waals surface area contributed by atoms with Crippen LogP contribution in [0.4, 0.5) is 11.4 Å². The van der Waals surface area contributed by atoms with E-state index in [0.717, 1.165) is 5.56 Å². The van der Waals surface area contributed by atoms with Crippen LogP contribution in [0.15, 0.2) is 42.5 Å². The quantitative estimate of drug-likeness (QED) is 0.517. The van der Waals surface area contributed by atoms with Gasteiger partial charge in [-0.3, -0.25) is 10.1 Å². The van der Waals surface area contributed by atoms with Crippen molar-refractivity contribution >= 4 is 17.3 Å². The van der Waals surface area contributed by atoms with E-state index in [-0.39, 0.29) is 17.9 Å². The minimum atomic E-state index is -0.653. The fourth-order valence-electron chi connectivity index (χ4n) is 1.93. The fraction of sp³-hybridized carbons (Fsp3) is 0.125. The van der Waals surface area contributed by atoms with Crippen LogP contribution in [-0.2, 0) is 11.3 Å². The fourth-order valence-corrected chi connectivity index (χ4v) is 1.93. The monoisotopic (exact) mass is 311 g/mol. The number of nitro groups is 1. The van der Waals surface area contributed by atoms with E-state index in [9.17, 15) is 14.9 Å². The number of nitriles is 1. The lowest BCUT2D eigenvalue weighted by Crippen LogP contribution is -2.07. The summed E-state index contributed by atoms with van der Waals surface area (Å²) in [5.74, 6) is -0.653. The minimum absolute atomic E-state index is 0.0200. The molecular weight excluding hydrogens is 298 g/mol. The molecule has 0 radical (unpaired) electrons. The zero-order chi connectivity index (χ0) is 16.8. The van der Waals surface area contributed by atoms with Gasteiger partial charge in [0.1, 0.15) is 12.3 Å². The maximum Gasteiger partial charge on any atom is 0.338 e. The van der Waals surface area contributed by atoms with Crippen LogP contribution in [0.3, 0.4) is 0 Å². The van der Waals surface area contributed by atoms with Crippen LogP contribution in [0.25, 0.3) is 0 Å². The number of anilines is 1. The highest BCUT2D eigenvalue weighted by Gasteiger charge is 2.17. The first kappa shape index (κ1) is 16.0. The second-order valence-electron chi connectivity index (χ2n) is 4.62. The first-order valence-electron chi connectivity index (χ1n) is 6.67. The summed E-state index contributed by atoms with van der Waals surface area (Å²) in [4.78, 5) is 22.4. The molecule has 0 aliphatic heterocycles. The van der Waals surface area contributed by atoms with Gasteiger partial charge in [0.05, 0.1) is 22.1 Å². The highest BCUT2D eigenvalue weighted by Crippen LogP contribution is 2.25. The Morgan fingerprint density at radius 3 is 2.57 bits per heavy atom. The zero-order valence-electron chi connectivity index (χ0n) is 12.3. The van der Waals surface area contributed by atoms with Crippen molar-refractivity contribution in [1.82, 2.24) is 0 Å². The average Bonchev–Trinajstić information content (AvgIpc) is 2.59. The van der Waals surface area contributed by atoms with Crippen molar-refractivity contribution in [2.75, 3.05) is 12.4 Å². The first-order chi connectivity index (χ1) is 11.0. The van der Waals surface area contributed by atoms with Gasteiger partial charge in [0.15, 0.2) is 0 Å². The third-order valence-corrected chi connectivity index (χ3v) is 3.15. The van der Waals surface area contributed by atoms with Crippen molar-refractivity contribution in [3.05, 3.63) is 69.3 Å². The molecule has 1 N–H and O–H groups in total. The highest BCUT2D eigenvalue weighted by atomic mass is 16.6. The van der Waals surface area contributed by atoms with Crippen LogP contribution in [0.1, 0.15) is 21.5 Å². The molecular formula is C16H13N3O4. The third-order valence-electron chi connectivity index (χ3n) is 3.15. The van der Waals surface area contributed by atoms with E-state index >= 15 is 0 Å². The number of nitrogens with zero attached hydrogens (tertiary/aromatic N) is 2. The molecule has 7 nitrogen and oxygen atoms in total. The molecule has 7 heteroatoms. The molecule has 0 bridgehead atoms. The number of ether oxygens (including phenoxy) is 1. The van der Waals surface area contributed by atoms with Gasteiger partial charge in [-0.1, -0.05) is 12.1 Å². The molecule has 2 aromatic carbocycles. The van der Waals surface area contributed by atoms with Gasteiger partial charge in [0, 0.05) is 13.1 Å². The molecule has 0 saturated heterocycles. The van der Waals surface area contributed by atoms with Crippen molar-refractivity contribution in [3.8, 4) is 6.07 Å². The molecule has 0 heterocycles. The Kier molecular flexibility index (Phi) is 4.89. The van der Waals surface area contributed by atoms with Crippen molar-refractivity contribution < 1.29 is 14.5 Å². The van der Waals surface area contributed by atoms with E-state index in [4.69, 9.17) is 10.00 Å². The van der Waals surface area contributed by atoms with Crippen LogP contribution in [0, 0.1) is 21.4 Å². The molecule has 0 spiro atoms. The Hall–Kier alpha value is -3.40. The molecule has 116 valence electrons. The molecule has 0 aromatic heterocycles. The summed E-state index contributed by atoms with van der Waals surface area (Å²) in [6.07, 6.45) is 0. The maximum atomic E-state index is 12.0. The Morgan fingerprint density at radius 1 is 1.30 bits per heavy atom. The number of esters is 1. The van der Waals surface area contributed by atoms with Gasteiger partial charge >= 0.3 is 5.97 Å². The standard InChI is InChI=1S/C16H13N3O4/c1-18-14-7-6-13(8-15(14)19(21)22)16(20)23-10-12-4-2-11(9-17)3-5-12/h2-8,18H,10H2,1H3. The van der Waals surface area contributed by atoms with Crippen LogP contribution >= 0.6 is 0 Å². The number of carbonyl (C=O) groups is 1. The van der Waals surface area contributed by atoms with E-state index in [0.29, 0.717) is 11.3 Å². The van der Waals surface area contributed by atoms with Crippen LogP contribution in [-0.4, -0.2) is 17.9 Å². The van der Waals surface area contributed by atoms with Gasteiger partial charge in [-0.2, -0.15) is 5.26 Å². The Balaban J connectivity index is 2.09. The number of nitrogens with one attached hydrogen (secondary N) is 1. The molecule has 0 saturated carbocycles. The third kappa shape index (κ3) is 3.83. The smallest absolute Gasteiger partial charge is 0.338 e. The van der Waals surface area contributed by atoms with Crippen molar-refractivity contribution in [1.29, 1.82) is 5.26 Å². The molecule has 0 unspecified atom stereocenters. The molecule has 2 rings (SSSR count). The highest BCUT2D eigenvalue weighted by molar-refractivity contribution is 5.91. The number of hydrogen-bond donors (Lipinski definition) is 1. The van der Waals surface area contributed by atoms with Gasteiger partial charge in [0.2, 0.25) is 0 Å². The zero-order valence-corrected chi connectivity index (χ0v) is 12.3. The normalized spacial score (nSPS) is 9.74. The summed E-state index contributed by atoms with van der Waals surface area (Å²) in [5.41, 5.74) is 1.46. The number of benzene rings is 2. The molecule has 0 amide bonds. The summed E-state index contributed by atoms with van der Waals surface area (Å²) in [7, 11) is 1.56. The van der Waals surface area contributed by atoms with Gasteiger partial charge in [0.25, 0.3) is 5.69 Å². The molecule has 0 atom stereocenters. The van der Waals surface area contributed by atoms with E-state index in [1.165, 1.54) is 18.2 Å². The summed E-state index contributed by atoms with van der Waals surface area (Å²) < 4.78 is 5.13. The topological polar surface area (TPSA) is 105 Å². The second-order valence-corrected chi connectivity index (χ2v) is 4.62. The second kappa shape index (κ2) is 7.04. The molecule has 23 heavy (non-hydrogen) atoms. The summed E-state index contributed by atoms with van der Waals surface area (Å²) in [6, 6.07) is 12.7. The number of nitro benzene ring substituents is 1. The predicted molar refractivity (Wildman–Crippen MR) is 82.9 cm³/mol. The minimum Gasteiger partial charge on any atom is -0.457 e. The number of rotatable bonds is 5. The summed E-state index contributed by atoms with van der Waals surface area (Å²) in [6.45, 7) is 0.0200. The van der Waals surface area contributed by atoms with Gasteiger partial charge in [-0.15, -0.1) is 0 Å². The van der Waals surface area contributed by atoms with Crippen molar-refractivity contribution in [2.24, 2.45) is 0 Å². The Morgan fingerprint density at radius 2 is 2.00 bits per heavy atom. The van der Waals surface area contributed by atoms with Crippen molar-refractivity contribution in [2.45, 2.75) is 6.61 Å². The lowest BCUT2D eigenvalue weighted by molar-refractivity contribution is -0.384. The Labute approximate surface area is 132 Å². The Bertz CT molecular complexity index is 779. The van der Waals surface area contributed by atoms with Gasteiger partial charge < -0.3 is 10.1 Å². The van der Waals surface area contributed by atoms with Gasteiger partial charge in [-0.05, 0) is 29.8 Å². The largest absolute Gasteiger partial charge is 0.457 e. The predicted octanol–water partition coefficient (Wildman–Crippen LogP) is 2.87. The SMILES string of the molecule is CNc1ccc(C(=O)OCc2ccc(C#N)cc2)cc1[N+](=O)[O-]. The van der Waals surface area contributed by atoms with Crippen LogP contribution in [0.2, 0.25) is 0 Å². The van der Waals surface area contributed by atoms with Crippen molar-refractivity contribution in [3.63, 3.8) is 0 Å². The van der Waals surface area contributed by atoms with E-state index in [1.54, 1.807) is 31.3 Å². The average molecular weight is 311 g/mol. The molecule has 0 aliphatic rings. The van der Waals surface area contributed by atoms with E-state index in [2.05, 4.69) is 5.32 Å². The van der Waals surface area contributed by atoms with E-state index < -0.39 is 10.9 Å². The van der Waals surface area contributed by atoms with E-state index in [1.807, 2.05) is 6.07 Å². The lowest BCUT2D eigenvalue weighted by atomic mass is 10.1. The van der Waals surface area contributed by atoms with Crippen LogP contribution in [0.5, 0.6) is 0 Å². The number of hydrogen-bond acceptors (Lipinski definition) is 6. The number of carbonyl (C=O) groups excluding carboxylic acids is 1. The lowest BCUT2D eigenvalue weighted by Gasteiger charge is -2.07. The maximum absolute atomic E-state index is 12.0. The van der Waals surface area contributed by atoms with Gasteiger partial charge in [-0.25, -0.2) is 4.79 Å². The first-order valence-corrected chi connectivity index (χ1v) is 6.67.